The molecule has 1 saturated heterocycles. The largest absolute Gasteiger partial charge is 0.325 e. The average Bonchev–Trinajstić information content (AvgIpc) is 3.56. The summed E-state index contributed by atoms with van der Waals surface area (Å²) in [5.74, 6) is 1.32. The van der Waals surface area contributed by atoms with Crippen molar-refractivity contribution in [3.8, 4) is 0 Å². The van der Waals surface area contributed by atoms with Crippen molar-refractivity contribution in [2.45, 2.75) is 74.4 Å². The van der Waals surface area contributed by atoms with Crippen molar-refractivity contribution in [1.29, 1.82) is 0 Å². The van der Waals surface area contributed by atoms with Crippen molar-refractivity contribution >= 4 is 33.4 Å². The van der Waals surface area contributed by atoms with Crippen molar-refractivity contribution in [2.75, 3.05) is 24.2 Å². The second-order valence-electron chi connectivity index (χ2n) is 8.78. The molecule has 1 aliphatic heterocycles. The Morgan fingerprint density at radius 2 is 1.75 bits per heavy atom. The molecule has 2 aromatic rings. The highest BCUT2D eigenvalue weighted by Crippen LogP contribution is 2.40. The fourth-order valence-electron chi connectivity index (χ4n) is 3.92. The lowest BCUT2D eigenvalue weighted by Crippen LogP contribution is -2.31. The van der Waals surface area contributed by atoms with Crippen molar-refractivity contribution in [3.05, 3.63) is 30.1 Å². The molecule has 0 radical (unpaired) electrons. The van der Waals surface area contributed by atoms with E-state index in [9.17, 15) is 13.2 Å². The van der Waals surface area contributed by atoms with Gasteiger partial charge in [0.05, 0.1) is 10.6 Å². The molecule has 0 unspecified atom stereocenters. The number of carbonyl (C=O) groups is 1. The zero-order valence-electron chi connectivity index (χ0n) is 18.7. The quantitative estimate of drug-likeness (QED) is 0.577. The third-order valence-corrected chi connectivity index (χ3v) is 8.65. The minimum absolute atomic E-state index is 0.158. The molecule has 1 aromatic heterocycles. The normalized spacial score (nSPS) is 18.0. The molecule has 174 valence electrons. The Balaban J connectivity index is 1.35. The first-order chi connectivity index (χ1) is 15.4. The molecule has 1 amide bonds. The molecule has 1 aliphatic carbocycles. The number of anilines is 1. The SMILES string of the molecule is CC(C)c1nnc(SCC(=O)Nc2ccc(S(=O)(=O)N3CCCCCC3)cc2)n1C1CC1. The number of hydrogen-bond acceptors (Lipinski definition) is 6. The molecule has 1 saturated carbocycles. The summed E-state index contributed by atoms with van der Waals surface area (Å²) in [5, 5.41) is 12.2. The lowest BCUT2D eigenvalue weighted by molar-refractivity contribution is -0.113. The van der Waals surface area contributed by atoms with Gasteiger partial charge in [0.1, 0.15) is 5.82 Å². The number of aromatic nitrogens is 3. The standard InChI is InChI=1S/C22H31N5O3S2/c1-16(2)21-24-25-22(27(21)18-9-10-18)31-15-20(28)23-17-7-11-19(12-8-17)32(29,30)26-13-5-3-4-6-14-26/h7-8,11-12,16,18H,3-6,9-10,13-15H2,1-2H3,(H,23,28). The van der Waals surface area contributed by atoms with E-state index >= 15 is 0 Å². The average molecular weight is 478 g/mol. The summed E-state index contributed by atoms with van der Waals surface area (Å²) < 4.78 is 29.5. The Morgan fingerprint density at radius 1 is 1.09 bits per heavy atom. The van der Waals surface area contributed by atoms with Crippen molar-refractivity contribution in [3.63, 3.8) is 0 Å². The van der Waals surface area contributed by atoms with Crippen LogP contribution in [-0.4, -0.2) is 52.2 Å². The van der Waals surface area contributed by atoms with Crippen molar-refractivity contribution < 1.29 is 13.2 Å². The first kappa shape index (κ1) is 23.3. The third kappa shape index (κ3) is 5.35. The van der Waals surface area contributed by atoms with E-state index in [4.69, 9.17) is 0 Å². The Morgan fingerprint density at radius 3 is 2.34 bits per heavy atom. The second-order valence-corrected chi connectivity index (χ2v) is 11.7. The molecule has 2 aliphatic rings. The molecule has 10 heteroatoms. The van der Waals surface area contributed by atoms with Gasteiger partial charge in [-0.25, -0.2) is 8.42 Å². The number of thioether (sulfide) groups is 1. The van der Waals surface area contributed by atoms with Crippen LogP contribution >= 0.6 is 11.8 Å². The van der Waals surface area contributed by atoms with Crippen LogP contribution in [-0.2, 0) is 14.8 Å². The molecule has 0 bridgehead atoms. The smallest absolute Gasteiger partial charge is 0.243 e. The van der Waals surface area contributed by atoms with E-state index in [0.29, 0.717) is 24.8 Å². The maximum Gasteiger partial charge on any atom is 0.243 e. The summed E-state index contributed by atoms with van der Waals surface area (Å²) in [6.45, 7) is 5.34. The van der Waals surface area contributed by atoms with Gasteiger partial charge in [0.2, 0.25) is 15.9 Å². The highest BCUT2D eigenvalue weighted by Gasteiger charge is 2.30. The van der Waals surface area contributed by atoms with Crippen LogP contribution in [0.2, 0.25) is 0 Å². The topological polar surface area (TPSA) is 97.2 Å². The predicted octanol–water partition coefficient (Wildman–Crippen LogP) is 4.03. The van der Waals surface area contributed by atoms with Gasteiger partial charge in [0.25, 0.3) is 0 Å². The van der Waals surface area contributed by atoms with E-state index in [1.165, 1.54) is 11.8 Å². The van der Waals surface area contributed by atoms with E-state index in [0.717, 1.165) is 49.5 Å². The van der Waals surface area contributed by atoms with Gasteiger partial charge in [-0.1, -0.05) is 38.5 Å². The van der Waals surface area contributed by atoms with E-state index in [1.54, 1.807) is 28.6 Å². The first-order valence-electron chi connectivity index (χ1n) is 11.3. The molecule has 2 heterocycles. The van der Waals surface area contributed by atoms with Crippen molar-refractivity contribution in [1.82, 2.24) is 19.1 Å². The summed E-state index contributed by atoms with van der Waals surface area (Å²) in [7, 11) is -3.49. The van der Waals surface area contributed by atoms with Gasteiger partial charge in [-0.05, 0) is 49.9 Å². The fraction of sp³-hybridized carbons (Fsp3) is 0.591. The molecule has 1 aromatic carbocycles. The second kappa shape index (κ2) is 9.93. The lowest BCUT2D eigenvalue weighted by Gasteiger charge is -2.20. The number of benzene rings is 1. The molecular weight excluding hydrogens is 446 g/mol. The van der Waals surface area contributed by atoms with Gasteiger partial charge in [0.15, 0.2) is 5.16 Å². The van der Waals surface area contributed by atoms with Gasteiger partial charge in [-0.2, -0.15) is 4.31 Å². The predicted molar refractivity (Wildman–Crippen MR) is 125 cm³/mol. The minimum atomic E-state index is -3.49. The van der Waals surface area contributed by atoms with Crippen LogP contribution in [0.4, 0.5) is 5.69 Å². The number of nitrogens with one attached hydrogen (secondary N) is 1. The van der Waals surface area contributed by atoms with Crippen LogP contribution in [0, 0.1) is 0 Å². The van der Waals surface area contributed by atoms with E-state index in [2.05, 4.69) is 33.9 Å². The van der Waals surface area contributed by atoms with E-state index in [1.807, 2.05) is 0 Å². The van der Waals surface area contributed by atoms with Gasteiger partial charge in [-0.15, -0.1) is 10.2 Å². The lowest BCUT2D eigenvalue weighted by atomic mass is 10.2. The van der Waals surface area contributed by atoms with Gasteiger partial charge < -0.3 is 9.88 Å². The van der Waals surface area contributed by atoms with Crippen LogP contribution in [0.15, 0.2) is 34.3 Å². The molecule has 8 nitrogen and oxygen atoms in total. The summed E-state index contributed by atoms with van der Waals surface area (Å²) in [6, 6.07) is 6.89. The summed E-state index contributed by atoms with van der Waals surface area (Å²) >= 11 is 1.38. The Bertz CT molecular complexity index is 1040. The minimum Gasteiger partial charge on any atom is -0.325 e. The first-order valence-corrected chi connectivity index (χ1v) is 13.8. The van der Waals surface area contributed by atoms with Crippen LogP contribution in [0.1, 0.15) is 70.2 Å². The van der Waals surface area contributed by atoms with Gasteiger partial charge >= 0.3 is 0 Å². The number of rotatable bonds is 8. The molecule has 2 fully saturated rings. The zero-order chi connectivity index (χ0) is 22.7. The van der Waals surface area contributed by atoms with E-state index in [-0.39, 0.29) is 22.5 Å². The number of amides is 1. The maximum atomic E-state index is 12.9. The van der Waals surface area contributed by atoms with Crippen LogP contribution in [0.25, 0.3) is 0 Å². The highest BCUT2D eigenvalue weighted by atomic mass is 32.2. The number of carbonyl (C=O) groups excluding carboxylic acids is 1. The summed E-state index contributed by atoms with van der Waals surface area (Å²) in [6.07, 6.45) is 6.21. The number of nitrogens with zero attached hydrogens (tertiary/aromatic N) is 4. The fourth-order valence-corrected chi connectivity index (χ4v) is 6.25. The molecule has 32 heavy (non-hydrogen) atoms. The van der Waals surface area contributed by atoms with Crippen LogP contribution in [0.3, 0.4) is 0 Å². The van der Waals surface area contributed by atoms with E-state index < -0.39 is 10.0 Å². The number of hydrogen-bond donors (Lipinski definition) is 1. The Hall–Kier alpha value is -1.91. The summed E-state index contributed by atoms with van der Waals surface area (Å²) in [5.41, 5.74) is 0.581. The molecule has 4 rings (SSSR count). The molecule has 0 atom stereocenters. The Labute approximate surface area is 194 Å². The zero-order valence-corrected chi connectivity index (χ0v) is 20.3. The molecular formula is C22H31N5O3S2. The number of sulfonamides is 1. The van der Waals surface area contributed by atoms with Gasteiger partial charge in [0, 0.05) is 30.7 Å². The third-order valence-electron chi connectivity index (χ3n) is 5.79. The molecule has 0 spiro atoms. The van der Waals surface area contributed by atoms with Crippen molar-refractivity contribution in [2.24, 2.45) is 0 Å². The highest BCUT2D eigenvalue weighted by molar-refractivity contribution is 7.99. The molecule has 1 N–H and O–H groups in total. The maximum absolute atomic E-state index is 12.9. The van der Waals surface area contributed by atoms with Crippen LogP contribution < -0.4 is 5.32 Å². The summed E-state index contributed by atoms with van der Waals surface area (Å²) in [4.78, 5) is 12.7. The van der Waals surface area contributed by atoms with Crippen LogP contribution in [0.5, 0.6) is 0 Å². The monoisotopic (exact) mass is 477 g/mol. The van der Waals surface area contributed by atoms with Gasteiger partial charge in [-0.3, -0.25) is 4.79 Å². The Kier molecular flexibility index (Phi) is 7.21.